The van der Waals surface area contributed by atoms with Gasteiger partial charge in [-0.05, 0) is 41.5 Å². The molecule has 3 aromatic carbocycles. The summed E-state index contributed by atoms with van der Waals surface area (Å²) in [5.41, 5.74) is 4.09. The molecule has 0 amide bonds. The maximum absolute atomic E-state index is 13.0. The van der Waals surface area contributed by atoms with Crippen LogP contribution in [-0.4, -0.2) is 17.9 Å². The molecule has 0 spiro atoms. The minimum Gasteiger partial charge on any atom is -0.497 e. The van der Waals surface area contributed by atoms with Gasteiger partial charge >= 0.3 is 0 Å². The monoisotopic (exact) mass is 355 g/mol. The molecule has 0 unspecified atom stereocenters. The van der Waals surface area contributed by atoms with Crippen LogP contribution in [0.25, 0.3) is 10.9 Å². The van der Waals surface area contributed by atoms with Gasteiger partial charge in [0.25, 0.3) is 0 Å². The first kappa shape index (κ1) is 17.1. The van der Waals surface area contributed by atoms with Gasteiger partial charge in [0.2, 0.25) is 0 Å². The van der Waals surface area contributed by atoms with Crippen LogP contribution < -0.4 is 4.74 Å². The van der Waals surface area contributed by atoms with E-state index in [0.717, 1.165) is 27.8 Å². The Morgan fingerprint density at radius 1 is 0.926 bits per heavy atom. The molecule has 27 heavy (non-hydrogen) atoms. The number of rotatable bonds is 6. The molecule has 3 nitrogen and oxygen atoms in total. The molecular weight excluding hydrogens is 334 g/mol. The Morgan fingerprint density at radius 3 is 2.37 bits per heavy atom. The van der Waals surface area contributed by atoms with Gasteiger partial charge in [0.15, 0.2) is 5.78 Å². The number of para-hydroxylation sites is 1. The molecule has 1 atom stereocenters. The minimum absolute atomic E-state index is 0.00282. The molecule has 0 radical (unpaired) electrons. The number of H-pyrrole nitrogens is 1. The Kier molecular flexibility index (Phi) is 4.75. The summed E-state index contributed by atoms with van der Waals surface area (Å²) < 4.78 is 5.19. The van der Waals surface area contributed by atoms with Gasteiger partial charge in [0.1, 0.15) is 5.75 Å². The first-order valence-corrected chi connectivity index (χ1v) is 9.04. The van der Waals surface area contributed by atoms with Crippen LogP contribution in [0.4, 0.5) is 0 Å². The molecule has 4 rings (SSSR count). The first-order valence-electron chi connectivity index (χ1n) is 9.04. The van der Waals surface area contributed by atoms with Crippen LogP contribution in [0.15, 0.2) is 85.1 Å². The van der Waals surface area contributed by atoms with Gasteiger partial charge in [-0.25, -0.2) is 0 Å². The van der Waals surface area contributed by atoms with Gasteiger partial charge in [-0.2, -0.15) is 0 Å². The highest BCUT2D eigenvalue weighted by Crippen LogP contribution is 2.34. The molecule has 1 aromatic heterocycles. The van der Waals surface area contributed by atoms with Crippen molar-refractivity contribution in [3.8, 4) is 5.75 Å². The van der Waals surface area contributed by atoms with E-state index in [4.69, 9.17) is 4.74 Å². The number of carbonyl (C=O) groups is 1. The lowest BCUT2D eigenvalue weighted by molar-refractivity contribution is 0.0978. The van der Waals surface area contributed by atoms with Crippen molar-refractivity contribution in [3.63, 3.8) is 0 Å². The first-order chi connectivity index (χ1) is 13.3. The summed E-state index contributed by atoms with van der Waals surface area (Å²) in [6, 6.07) is 25.8. The second-order valence-corrected chi connectivity index (χ2v) is 6.61. The predicted molar refractivity (Wildman–Crippen MR) is 109 cm³/mol. The summed E-state index contributed by atoms with van der Waals surface area (Å²) in [5, 5.41) is 1.16. The highest BCUT2D eigenvalue weighted by molar-refractivity contribution is 5.97. The zero-order chi connectivity index (χ0) is 18.6. The molecule has 1 heterocycles. The van der Waals surface area contributed by atoms with Crippen molar-refractivity contribution in [3.05, 3.63) is 102 Å². The van der Waals surface area contributed by atoms with E-state index in [9.17, 15) is 4.79 Å². The molecule has 1 N–H and O–H groups in total. The molecule has 0 aliphatic rings. The van der Waals surface area contributed by atoms with Crippen molar-refractivity contribution in [1.29, 1.82) is 0 Å². The third-order valence-corrected chi connectivity index (χ3v) is 5.00. The van der Waals surface area contributed by atoms with E-state index in [1.807, 2.05) is 60.8 Å². The highest BCUT2D eigenvalue weighted by atomic mass is 16.5. The number of fused-ring (bicyclic) bond motifs is 1. The maximum atomic E-state index is 13.0. The lowest BCUT2D eigenvalue weighted by atomic mass is 9.85. The third kappa shape index (κ3) is 3.49. The van der Waals surface area contributed by atoms with Gasteiger partial charge in [-0.1, -0.05) is 48.5 Å². The zero-order valence-electron chi connectivity index (χ0n) is 15.2. The number of nitrogens with one attached hydrogen (secondary N) is 1. The number of aromatic nitrogens is 1. The summed E-state index contributed by atoms with van der Waals surface area (Å²) in [7, 11) is 1.62. The standard InChI is InChI=1S/C24H21NO2/c1-27-19-13-11-18(12-14-19)24(26)15-21(17-7-3-2-4-8-17)22-16-25-23-10-6-5-9-20(22)23/h2-14,16,21,25H,15H2,1H3/t21-/m0/s1. The van der Waals surface area contributed by atoms with Gasteiger partial charge in [-0.15, -0.1) is 0 Å². The molecule has 134 valence electrons. The van der Waals surface area contributed by atoms with Gasteiger partial charge < -0.3 is 9.72 Å². The second kappa shape index (κ2) is 7.50. The number of ether oxygens (including phenoxy) is 1. The van der Waals surface area contributed by atoms with E-state index >= 15 is 0 Å². The number of hydrogen-bond acceptors (Lipinski definition) is 2. The molecule has 0 aliphatic carbocycles. The van der Waals surface area contributed by atoms with Crippen LogP contribution in [0.1, 0.15) is 33.8 Å². The summed E-state index contributed by atoms with van der Waals surface area (Å²) in [5.74, 6) is 0.872. The number of benzene rings is 3. The van der Waals surface area contributed by atoms with E-state index in [2.05, 4.69) is 29.2 Å². The van der Waals surface area contributed by atoms with Crippen molar-refractivity contribution < 1.29 is 9.53 Å². The number of aromatic amines is 1. The number of methoxy groups -OCH3 is 1. The topological polar surface area (TPSA) is 42.1 Å². The van der Waals surface area contributed by atoms with Crippen LogP contribution in [-0.2, 0) is 0 Å². The Labute approximate surface area is 158 Å². The van der Waals surface area contributed by atoms with Crippen molar-refractivity contribution in [2.24, 2.45) is 0 Å². The lowest BCUT2D eigenvalue weighted by Gasteiger charge is -2.17. The van der Waals surface area contributed by atoms with Crippen LogP contribution in [0.2, 0.25) is 0 Å². The van der Waals surface area contributed by atoms with Crippen LogP contribution in [0.5, 0.6) is 5.75 Å². The average molecular weight is 355 g/mol. The van der Waals surface area contributed by atoms with E-state index in [-0.39, 0.29) is 11.7 Å². The normalized spacial score (nSPS) is 12.0. The Hall–Kier alpha value is -3.33. The Morgan fingerprint density at radius 2 is 1.63 bits per heavy atom. The summed E-state index contributed by atoms with van der Waals surface area (Å²) in [6.07, 6.45) is 2.45. The second-order valence-electron chi connectivity index (χ2n) is 6.61. The van der Waals surface area contributed by atoms with Gasteiger partial charge in [-0.3, -0.25) is 4.79 Å². The quantitative estimate of drug-likeness (QED) is 0.459. The maximum Gasteiger partial charge on any atom is 0.163 e. The van der Waals surface area contributed by atoms with E-state index in [1.54, 1.807) is 7.11 Å². The average Bonchev–Trinajstić information content (AvgIpc) is 3.16. The van der Waals surface area contributed by atoms with E-state index in [1.165, 1.54) is 0 Å². The molecule has 0 aliphatic heterocycles. The van der Waals surface area contributed by atoms with Gasteiger partial charge in [0.05, 0.1) is 7.11 Å². The number of carbonyl (C=O) groups excluding carboxylic acids is 1. The van der Waals surface area contributed by atoms with Crippen molar-refractivity contribution in [1.82, 2.24) is 4.98 Å². The predicted octanol–water partition coefficient (Wildman–Crippen LogP) is 5.58. The number of Topliss-reactive ketones (excluding diaryl/α,β-unsaturated/α-hetero) is 1. The van der Waals surface area contributed by atoms with Crippen LogP contribution in [0.3, 0.4) is 0 Å². The third-order valence-electron chi connectivity index (χ3n) is 5.00. The SMILES string of the molecule is COc1ccc(C(=O)C[C@@H](c2ccccc2)c2c[nH]c3ccccc23)cc1. The number of ketones is 1. The summed E-state index contributed by atoms with van der Waals surface area (Å²) in [4.78, 5) is 16.3. The fourth-order valence-electron chi connectivity index (χ4n) is 3.56. The molecule has 0 fully saturated rings. The Balaban J connectivity index is 1.71. The molecule has 0 saturated heterocycles. The van der Waals surface area contributed by atoms with Gasteiger partial charge in [0, 0.05) is 35.0 Å². The van der Waals surface area contributed by atoms with Crippen molar-refractivity contribution in [2.45, 2.75) is 12.3 Å². The highest BCUT2D eigenvalue weighted by Gasteiger charge is 2.22. The van der Waals surface area contributed by atoms with Crippen molar-refractivity contribution >= 4 is 16.7 Å². The molecule has 3 heteroatoms. The lowest BCUT2D eigenvalue weighted by Crippen LogP contribution is -2.09. The molecule has 0 bridgehead atoms. The largest absolute Gasteiger partial charge is 0.497 e. The van der Waals surface area contributed by atoms with E-state index < -0.39 is 0 Å². The smallest absolute Gasteiger partial charge is 0.163 e. The fourth-order valence-corrected chi connectivity index (χ4v) is 3.56. The number of hydrogen-bond donors (Lipinski definition) is 1. The summed E-state index contributed by atoms with van der Waals surface area (Å²) in [6.45, 7) is 0. The zero-order valence-corrected chi connectivity index (χ0v) is 15.2. The van der Waals surface area contributed by atoms with E-state index in [0.29, 0.717) is 12.0 Å². The summed E-state index contributed by atoms with van der Waals surface area (Å²) >= 11 is 0. The van der Waals surface area contributed by atoms with Crippen LogP contribution >= 0.6 is 0 Å². The molecular formula is C24H21NO2. The molecule has 0 saturated carbocycles. The fraction of sp³-hybridized carbons (Fsp3) is 0.125. The van der Waals surface area contributed by atoms with Crippen molar-refractivity contribution in [2.75, 3.05) is 7.11 Å². The minimum atomic E-state index is -0.00282. The molecule has 4 aromatic rings. The van der Waals surface area contributed by atoms with Crippen LogP contribution in [0, 0.1) is 0 Å². The Bertz CT molecular complexity index is 1050.